The smallest absolute Gasteiger partial charge is 0.341 e. The number of aliphatic hydroxyl groups is 1. The number of aliphatic hydroxyl groups excluding tert-OH is 1. The van der Waals surface area contributed by atoms with Crippen LogP contribution in [0.4, 0.5) is 16.2 Å². The van der Waals surface area contributed by atoms with E-state index < -0.39 is 5.54 Å². The molecule has 127 valence electrons. The minimum atomic E-state index is -0.459. The van der Waals surface area contributed by atoms with Crippen LogP contribution >= 0.6 is 0 Å². The van der Waals surface area contributed by atoms with Crippen molar-refractivity contribution in [3.8, 4) is 0 Å². The maximum absolute atomic E-state index is 12.0. The highest BCUT2D eigenvalue weighted by atomic mass is 16.3. The Balaban J connectivity index is 1.88. The molecule has 2 amide bonds. The summed E-state index contributed by atoms with van der Waals surface area (Å²) in [4.78, 5) is 14.3. The number of benzene rings is 1. The normalized spacial score (nSPS) is 16.3. The van der Waals surface area contributed by atoms with E-state index in [2.05, 4.69) is 22.5 Å². The second-order valence-electron chi connectivity index (χ2n) is 7.09. The highest BCUT2D eigenvalue weighted by molar-refractivity contribution is 5.79. The maximum atomic E-state index is 12.0. The Morgan fingerprint density at radius 1 is 1.30 bits per heavy atom. The van der Waals surface area contributed by atoms with Crippen molar-refractivity contribution in [3.63, 3.8) is 0 Å². The van der Waals surface area contributed by atoms with Gasteiger partial charge in [0.15, 0.2) is 0 Å². The number of carbonyl (C=O) groups excluding carboxylic acids is 1. The monoisotopic (exact) mass is 318 g/mol. The number of rotatable bonds is 5. The van der Waals surface area contributed by atoms with Crippen LogP contribution < -0.4 is 15.5 Å². The zero-order chi connectivity index (χ0) is 16.9. The fourth-order valence-electron chi connectivity index (χ4n) is 2.78. The highest BCUT2D eigenvalue weighted by Crippen LogP contribution is 2.24. The van der Waals surface area contributed by atoms with Gasteiger partial charge in [-0.25, -0.2) is 4.79 Å². The predicted molar refractivity (Wildman–Crippen MR) is 93.2 cm³/mol. The van der Waals surface area contributed by atoms with E-state index in [-0.39, 0.29) is 12.6 Å². The second-order valence-corrected chi connectivity index (χ2v) is 7.09. The van der Waals surface area contributed by atoms with E-state index in [4.69, 9.17) is 5.11 Å². The van der Waals surface area contributed by atoms with Crippen LogP contribution in [0.25, 0.3) is 0 Å². The van der Waals surface area contributed by atoms with E-state index in [1.165, 1.54) is 18.5 Å². The van der Waals surface area contributed by atoms with Gasteiger partial charge in [-0.15, -0.1) is 0 Å². The molecule has 1 aromatic carbocycles. The van der Waals surface area contributed by atoms with Crippen molar-refractivity contribution >= 4 is 17.4 Å². The first kappa shape index (κ1) is 17.6. The molecule has 0 bridgehead atoms. The number of anilines is 1. The molecule has 2 N–H and O–H groups in total. The third-order valence-corrected chi connectivity index (χ3v) is 4.41. The Morgan fingerprint density at radius 3 is 2.48 bits per heavy atom. The molecular formula is C18H28N3O2. The van der Waals surface area contributed by atoms with E-state index in [1.807, 2.05) is 38.1 Å². The van der Waals surface area contributed by atoms with Crippen LogP contribution in [0.5, 0.6) is 0 Å². The van der Waals surface area contributed by atoms with Gasteiger partial charge >= 0.3 is 6.03 Å². The Kier molecular flexibility index (Phi) is 5.88. The summed E-state index contributed by atoms with van der Waals surface area (Å²) in [6.45, 7) is 8.27. The molecule has 1 radical (unpaired) electrons. The Labute approximate surface area is 139 Å². The third kappa shape index (κ3) is 5.43. The summed E-state index contributed by atoms with van der Waals surface area (Å²) in [5.74, 6) is 0.812. The van der Waals surface area contributed by atoms with Crippen LogP contribution in [0.1, 0.15) is 40.0 Å². The lowest BCUT2D eigenvalue weighted by Gasteiger charge is -2.32. The fraction of sp³-hybridized carbons (Fsp3) is 0.611. The zero-order valence-electron chi connectivity index (χ0n) is 14.4. The topological polar surface area (TPSA) is 66.7 Å². The Bertz CT molecular complexity index is 506. The van der Waals surface area contributed by atoms with Gasteiger partial charge in [0.2, 0.25) is 0 Å². The summed E-state index contributed by atoms with van der Waals surface area (Å²) in [5.41, 5.74) is 1.38. The number of urea groups is 1. The molecule has 5 heteroatoms. The van der Waals surface area contributed by atoms with Crippen molar-refractivity contribution in [3.05, 3.63) is 24.3 Å². The van der Waals surface area contributed by atoms with E-state index in [0.717, 1.165) is 19.0 Å². The SMILES string of the molecule is CC1CCN(c2ccc([N]C(=O)NC(C)(C)CCO)cc2)CC1. The molecule has 0 unspecified atom stereocenters. The molecule has 0 saturated carbocycles. The minimum Gasteiger partial charge on any atom is -0.396 e. The number of hydrogen-bond acceptors (Lipinski definition) is 3. The molecule has 0 aromatic heterocycles. The van der Waals surface area contributed by atoms with Crippen molar-refractivity contribution in [1.82, 2.24) is 10.6 Å². The lowest BCUT2D eigenvalue weighted by molar-refractivity contribution is 0.212. The van der Waals surface area contributed by atoms with Crippen molar-refractivity contribution in [2.45, 2.75) is 45.6 Å². The van der Waals surface area contributed by atoms with E-state index in [9.17, 15) is 4.79 Å². The zero-order valence-corrected chi connectivity index (χ0v) is 14.4. The van der Waals surface area contributed by atoms with Crippen LogP contribution in [0.15, 0.2) is 24.3 Å². The number of hydrogen-bond donors (Lipinski definition) is 2. The van der Waals surface area contributed by atoms with Gasteiger partial charge in [0.1, 0.15) is 0 Å². The molecule has 1 heterocycles. The summed E-state index contributed by atoms with van der Waals surface area (Å²) in [6.07, 6.45) is 2.96. The molecule has 1 saturated heterocycles. The van der Waals surface area contributed by atoms with Crippen LogP contribution in [-0.2, 0) is 0 Å². The first-order valence-corrected chi connectivity index (χ1v) is 8.39. The number of nitrogens with one attached hydrogen (secondary N) is 1. The van der Waals surface area contributed by atoms with Crippen molar-refractivity contribution in [1.29, 1.82) is 0 Å². The molecule has 0 atom stereocenters. The van der Waals surface area contributed by atoms with Gasteiger partial charge in [-0.05, 0) is 63.3 Å². The lowest BCUT2D eigenvalue weighted by atomic mass is 9.99. The Morgan fingerprint density at radius 2 is 1.91 bits per heavy atom. The summed E-state index contributed by atoms with van der Waals surface area (Å²) in [6, 6.07) is 7.45. The maximum Gasteiger partial charge on any atom is 0.341 e. The molecule has 1 aromatic rings. The molecule has 23 heavy (non-hydrogen) atoms. The molecule has 2 rings (SSSR count). The summed E-state index contributed by atoms with van der Waals surface area (Å²) >= 11 is 0. The third-order valence-electron chi connectivity index (χ3n) is 4.41. The van der Waals surface area contributed by atoms with Gasteiger partial charge in [-0.1, -0.05) is 6.92 Å². The van der Waals surface area contributed by atoms with Crippen molar-refractivity contribution in [2.75, 3.05) is 24.6 Å². The molecule has 1 aliphatic heterocycles. The van der Waals surface area contributed by atoms with E-state index >= 15 is 0 Å². The first-order valence-electron chi connectivity index (χ1n) is 8.39. The average Bonchev–Trinajstić information content (AvgIpc) is 2.48. The number of amides is 2. The summed E-state index contributed by atoms with van der Waals surface area (Å²) in [7, 11) is 0. The van der Waals surface area contributed by atoms with Crippen LogP contribution in [-0.4, -0.2) is 36.4 Å². The summed E-state index contributed by atoms with van der Waals surface area (Å²) in [5, 5.41) is 15.9. The fourth-order valence-corrected chi connectivity index (χ4v) is 2.78. The molecule has 1 aliphatic rings. The Hall–Kier alpha value is -1.75. The molecule has 1 fully saturated rings. The molecular weight excluding hydrogens is 290 g/mol. The lowest BCUT2D eigenvalue weighted by Crippen LogP contribution is -2.45. The average molecular weight is 318 g/mol. The van der Waals surface area contributed by atoms with Crippen LogP contribution in [0.2, 0.25) is 0 Å². The molecule has 0 spiro atoms. The summed E-state index contributed by atoms with van der Waals surface area (Å²) < 4.78 is 0. The van der Waals surface area contributed by atoms with Crippen LogP contribution in [0.3, 0.4) is 0 Å². The van der Waals surface area contributed by atoms with Gasteiger partial charge < -0.3 is 15.3 Å². The molecule has 0 aliphatic carbocycles. The number of carbonyl (C=O) groups is 1. The van der Waals surface area contributed by atoms with Gasteiger partial charge in [-0.2, -0.15) is 5.32 Å². The first-order chi connectivity index (χ1) is 10.9. The minimum absolute atomic E-state index is 0.0381. The van der Waals surface area contributed by atoms with Crippen molar-refractivity contribution in [2.24, 2.45) is 5.92 Å². The van der Waals surface area contributed by atoms with Gasteiger partial charge in [0.05, 0.1) is 5.69 Å². The second kappa shape index (κ2) is 7.68. The van der Waals surface area contributed by atoms with Gasteiger partial charge in [0.25, 0.3) is 0 Å². The number of nitrogens with zero attached hydrogens (tertiary/aromatic N) is 2. The van der Waals surface area contributed by atoms with E-state index in [0.29, 0.717) is 12.1 Å². The highest BCUT2D eigenvalue weighted by Gasteiger charge is 2.20. The van der Waals surface area contributed by atoms with Crippen molar-refractivity contribution < 1.29 is 9.90 Å². The predicted octanol–water partition coefficient (Wildman–Crippen LogP) is 3.03. The number of piperidine rings is 1. The van der Waals surface area contributed by atoms with Gasteiger partial charge in [-0.3, -0.25) is 0 Å². The standard InChI is InChI=1S/C18H28N3O2/c1-14-8-11-21(12-9-14)16-6-4-15(5-7-16)19-17(23)20-18(2,3)10-13-22/h4-7,14,22H,8-13H2,1-3H3,(H,20,23). The van der Waals surface area contributed by atoms with Crippen LogP contribution in [0, 0.1) is 5.92 Å². The quantitative estimate of drug-likeness (QED) is 0.877. The largest absolute Gasteiger partial charge is 0.396 e. The van der Waals surface area contributed by atoms with Gasteiger partial charge in [0, 0.05) is 30.9 Å². The molecule has 5 nitrogen and oxygen atoms in total. The van der Waals surface area contributed by atoms with E-state index in [1.54, 1.807) is 0 Å².